The van der Waals surface area contributed by atoms with E-state index in [1.807, 2.05) is 18.7 Å². The van der Waals surface area contributed by atoms with E-state index in [0.717, 1.165) is 24.5 Å². The molecule has 1 aliphatic rings. The van der Waals surface area contributed by atoms with Gasteiger partial charge in [-0.25, -0.2) is 9.97 Å². The first-order valence-corrected chi connectivity index (χ1v) is 7.95. The summed E-state index contributed by atoms with van der Waals surface area (Å²) in [6.45, 7) is 5.14. The molecular weight excluding hydrogens is 262 g/mol. The second-order valence-corrected chi connectivity index (χ2v) is 6.36. The highest BCUT2D eigenvalue weighted by Crippen LogP contribution is 2.34. The van der Waals surface area contributed by atoms with Crippen LogP contribution in [0.4, 0.5) is 0 Å². The van der Waals surface area contributed by atoms with Crippen molar-refractivity contribution in [1.82, 2.24) is 19.1 Å². The van der Waals surface area contributed by atoms with Gasteiger partial charge < -0.3 is 14.9 Å². The van der Waals surface area contributed by atoms with Gasteiger partial charge in [-0.3, -0.25) is 0 Å². The molecular formula is C16H25N5. The molecule has 0 aromatic carbocycles. The van der Waals surface area contributed by atoms with Crippen LogP contribution in [0.3, 0.4) is 0 Å². The van der Waals surface area contributed by atoms with Crippen LogP contribution in [0.25, 0.3) is 11.5 Å². The van der Waals surface area contributed by atoms with Crippen LogP contribution in [0.2, 0.25) is 0 Å². The minimum absolute atomic E-state index is 0.385. The highest BCUT2D eigenvalue weighted by atomic mass is 15.2. The van der Waals surface area contributed by atoms with Gasteiger partial charge in [0.05, 0.1) is 12.5 Å². The number of nitrogens with two attached hydrogens (primary N) is 1. The fourth-order valence-corrected chi connectivity index (χ4v) is 3.42. The van der Waals surface area contributed by atoms with Crippen LogP contribution in [0.5, 0.6) is 0 Å². The standard InChI is InChI=1S/C16H25N5/c1-12(2)21-11-18-10-15(21)16-19-6-7-20(16)14-5-3-4-13(8-14)9-17/h6-7,10-14H,3-5,8-9,17H2,1-2H3/t13-,14+/m0/s1. The first kappa shape index (κ1) is 14.3. The van der Waals surface area contributed by atoms with Crippen molar-refractivity contribution < 1.29 is 0 Å². The van der Waals surface area contributed by atoms with Crippen molar-refractivity contribution in [2.75, 3.05) is 6.54 Å². The fraction of sp³-hybridized carbons (Fsp3) is 0.625. The largest absolute Gasteiger partial charge is 0.330 e. The number of hydrogen-bond donors (Lipinski definition) is 1. The van der Waals surface area contributed by atoms with Gasteiger partial charge >= 0.3 is 0 Å². The second-order valence-electron chi connectivity index (χ2n) is 6.36. The lowest BCUT2D eigenvalue weighted by Crippen LogP contribution is -2.24. The number of nitrogens with zero attached hydrogens (tertiary/aromatic N) is 4. The molecule has 2 N–H and O–H groups in total. The molecule has 2 atom stereocenters. The van der Waals surface area contributed by atoms with Gasteiger partial charge in [0.2, 0.25) is 0 Å². The van der Waals surface area contributed by atoms with E-state index in [9.17, 15) is 0 Å². The van der Waals surface area contributed by atoms with Crippen LogP contribution < -0.4 is 5.73 Å². The molecule has 3 rings (SSSR count). The SMILES string of the molecule is CC(C)n1cncc1-c1nccn1[C@@H]1CCC[C@H](CN)C1. The molecule has 5 nitrogen and oxygen atoms in total. The van der Waals surface area contributed by atoms with E-state index < -0.39 is 0 Å². The first-order chi connectivity index (χ1) is 10.2. The molecule has 0 saturated heterocycles. The second kappa shape index (κ2) is 6.02. The lowest BCUT2D eigenvalue weighted by molar-refractivity contribution is 0.273. The van der Waals surface area contributed by atoms with E-state index in [-0.39, 0.29) is 0 Å². The molecule has 2 aromatic heterocycles. The molecule has 1 saturated carbocycles. The summed E-state index contributed by atoms with van der Waals surface area (Å²) in [5.74, 6) is 1.68. The molecule has 5 heteroatoms. The average Bonchev–Trinajstić information content (AvgIpc) is 3.15. The highest BCUT2D eigenvalue weighted by Gasteiger charge is 2.25. The molecule has 0 bridgehead atoms. The van der Waals surface area contributed by atoms with E-state index in [1.54, 1.807) is 0 Å². The lowest BCUT2D eigenvalue weighted by atomic mass is 9.85. The van der Waals surface area contributed by atoms with Gasteiger partial charge in [0, 0.05) is 24.5 Å². The Hall–Kier alpha value is -1.62. The van der Waals surface area contributed by atoms with Crippen molar-refractivity contribution in [2.24, 2.45) is 11.7 Å². The summed E-state index contributed by atoms with van der Waals surface area (Å²) in [6, 6.07) is 0.899. The molecule has 0 radical (unpaired) electrons. The van der Waals surface area contributed by atoms with Gasteiger partial charge in [-0.05, 0) is 45.6 Å². The minimum Gasteiger partial charge on any atom is -0.330 e. The fourth-order valence-electron chi connectivity index (χ4n) is 3.42. The molecule has 0 unspecified atom stereocenters. The average molecular weight is 287 g/mol. The molecule has 0 aliphatic heterocycles. The number of aromatic nitrogens is 4. The van der Waals surface area contributed by atoms with Crippen LogP contribution in [0, 0.1) is 5.92 Å². The monoisotopic (exact) mass is 287 g/mol. The Morgan fingerprint density at radius 2 is 2.24 bits per heavy atom. The number of imidazole rings is 2. The topological polar surface area (TPSA) is 61.7 Å². The predicted molar refractivity (Wildman–Crippen MR) is 83.9 cm³/mol. The van der Waals surface area contributed by atoms with Crippen LogP contribution in [0.15, 0.2) is 24.9 Å². The predicted octanol–water partition coefficient (Wildman–Crippen LogP) is 3.02. The Morgan fingerprint density at radius 1 is 1.38 bits per heavy atom. The summed E-state index contributed by atoms with van der Waals surface area (Å²) in [6.07, 6.45) is 12.7. The Morgan fingerprint density at radius 3 is 3.00 bits per heavy atom. The summed E-state index contributed by atoms with van der Waals surface area (Å²) in [5, 5.41) is 0. The number of hydrogen-bond acceptors (Lipinski definition) is 3. The molecule has 0 amide bonds. The molecule has 114 valence electrons. The van der Waals surface area contributed by atoms with E-state index in [0.29, 0.717) is 18.0 Å². The maximum atomic E-state index is 5.88. The van der Waals surface area contributed by atoms with Crippen molar-refractivity contribution in [3.63, 3.8) is 0 Å². The summed E-state index contributed by atoms with van der Waals surface area (Å²) in [7, 11) is 0. The van der Waals surface area contributed by atoms with Gasteiger partial charge in [0.1, 0.15) is 5.69 Å². The molecule has 21 heavy (non-hydrogen) atoms. The number of rotatable bonds is 4. The van der Waals surface area contributed by atoms with E-state index in [1.165, 1.54) is 19.3 Å². The Labute approximate surface area is 126 Å². The van der Waals surface area contributed by atoms with Gasteiger partial charge in [-0.15, -0.1) is 0 Å². The Kier molecular flexibility index (Phi) is 4.10. The molecule has 2 heterocycles. The van der Waals surface area contributed by atoms with Gasteiger partial charge in [0.25, 0.3) is 0 Å². The first-order valence-electron chi connectivity index (χ1n) is 7.95. The maximum absolute atomic E-state index is 5.88. The van der Waals surface area contributed by atoms with Crippen LogP contribution in [-0.2, 0) is 0 Å². The molecule has 2 aromatic rings. The van der Waals surface area contributed by atoms with Crippen molar-refractivity contribution >= 4 is 0 Å². The summed E-state index contributed by atoms with van der Waals surface area (Å²) >= 11 is 0. The lowest BCUT2D eigenvalue weighted by Gasteiger charge is -2.30. The van der Waals surface area contributed by atoms with E-state index in [4.69, 9.17) is 5.73 Å². The minimum atomic E-state index is 0.385. The molecule has 1 fully saturated rings. The summed E-state index contributed by atoms with van der Waals surface area (Å²) < 4.78 is 4.51. The van der Waals surface area contributed by atoms with Crippen LogP contribution in [0.1, 0.15) is 51.6 Å². The normalized spacial score (nSPS) is 22.9. The quantitative estimate of drug-likeness (QED) is 0.940. The third kappa shape index (κ3) is 2.75. The van der Waals surface area contributed by atoms with Crippen molar-refractivity contribution in [2.45, 2.75) is 51.6 Å². The van der Waals surface area contributed by atoms with Crippen LogP contribution in [-0.4, -0.2) is 25.6 Å². The van der Waals surface area contributed by atoms with Gasteiger partial charge in [0.15, 0.2) is 5.82 Å². The zero-order valence-electron chi connectivity index (χ0n) is 12.9. The third-order valence-corrected chi connectivity index (χ3v) is 4.60. The van der Waals surface area contributed by atoms with Crippen molar-refractivity contribution in [1.29, 1.82) is 0 Å². The van der Waals surface area contributed by atoms with Crippen molar-refractivity contribution in [3.05, 3.63) is 24.9 Å². The summed E-state index contributed by atoms with van der Waals surface area (Å²) in [4.78, 5) is 8.91. The Bertz CT molecular complexity index is 583. The van der Waals surface area contributed by atoms with E-state index in [2.05, 4.69) is 39.1 Å². The van der Waals surface area contributed by atoms with Crippen molar-refractivity contribution in [3.8, 4) is 11.5 Å². The zero-order valence-corrected chi connectivity index (χ0v) is 12.9. The maximum Gasteiger partial charge on any atom is 0.158 e. The zero-order chi connectivity index (χ0) is 14.8. The third-order valence-electron chi connectivity index (χ3n) is 4.60. The molecule has 0 spiro atoms. The Balaban J connectivity index is 1.92. The highest BCUT2D eigenvalue weighted by molar-refractivity contribution is 5.49. The smallest absolute Gasteiger partial charge is 0.158 e. The molecule has 1 aliphatic carbocycles. The van der Waals surface area contributed by atoms with Crippen LogP contribution >= 0.6 is 0 Å². The summed E-state index contributed by atoms with van der Waals surface area (Å²) in [5.41, 5.74) is 6.98. The van der Waals surface area contributed by atoms with E-state index >= 15 is 0 Å². The van der Waals surface area contributed by atoms with Gasteiger partial charge in [-0.2, -0.15) is 0 Å². The van der Waals surface area contributed by atoms with Gasteiger partial charge in [-0.1, -0.05) is 6.42 Å².